The second kappa shape index (κ2) is 6.84. The van der Waals surface area contributed by atoms with Crippen LogP contribution in [0.4, 0.5) is 4.79 Å². The molecule has 1 heterocycles. The molecule has 1 atom stereocenters. The van der Waals surface area contributed by atoms with Crippen molar-refractivity contribution >= 4 is 17.8 Å². The van der Waals surface area contributed by atoms with E-state index in [4.69, 9.17) is 0 Å². The zero-order valence-electron chi connectivity index (χ0n) is 15.4. The summed E-state index contributed by atoms with van der Waals surface area (Å²) in [7, 11) is 1.70. The van der Waals surface area contributed by atoms with E-state index in [0.717, 1.165) is 10.5 Å². The van der Waals surface area contributed by atoms with Gasteiger partial charge < -0.3 is 10.6 Å². The Morgan fingerprint density at radius 3 is 2.40 bits per heavy atom. The van der Waals surface area contributed by atoms with Crippen LogP contribution in [0.3, 0.4) is 0 Å². The van der Waals surface area contributed by atoms with Crippen LogP contribution in [-0.2, 0) is 15.1 Å². The minimum Gasteiger partial charge on any atom is -0.350 e. The normalized spacial score (nSPS) is 20.8. The second-order valence-electron chi connectivity index (χ2n) is 7.61. The van der Waals surface area contributed by atoms with Crippen LogP contribution in [0.15, 0.2) is 30.3 Å². The van der Waals surface area contributed by atoms with Crippen LogP contribution in [0.5, 0.6) is 0 Å². The quantitative estimate of drug-likeness (QED) is 0.787. The minimum absolute atomic E-state index is 0.0463. The van der Waals surface area contributed by atoms with E-state index in [1.165, 1.54) is 0 Å². The maximum atomic E-state index is 12.8. The number of nitrogens with zero attached hydrogens (tertiary/aromatic N) is 2. The smallest absolute Gasteiger partial charge is 0.326 e. The molecule has 25 heavy (non-hydrogen) atoms. The highest BCUT2D eigenvalue weighted by molar-refractivity contribution is 6.07. The third kappa shape index (κ3) is 4.36. The van der Waals surface area contributed by atoms with Crippen molar-refractivity contribution in [2.45, 2.75) is 38.8 Å². The van der Waals surface area contributed by atoms with Crippen molar-refractivity contribution < 1.29 is 14.4 Å². The zero-order valence-corrected chi connectivity index (χ0v) is 15.4. The Labute approximate surface area is 148 Å². The van der Waals surface area contributed by atoms with Gasteiger partial charge in [-0.3, -0.25) is 14.5 Å². The highest BCUT2D eigenvalue weighted by Gasteiger charge is 2.49. The van der Waals surface area contributed by atoms with Crippen molar-refractivity contribution in [1.29, 1.82) is 0 Å². The molecule has 0 aromatic heterocycles. The summed E-state index contributed by atoms with van der Waals surface area (Å²) in [5.74, 6) is -0.486. The average molecular weight is 346 g/mol. The molecule has 0 spiro atoms. The van der Waals surface area contributed by atoms with Crippen LogP contribution < -0.4 is 10.6 Å². The molecule has 4 amide bonds. The van der Waals surface area contributed by atoms with E-state index in [1.54, 1.807) is 18.9 Å². The number of nitrogens with one attached hydrogen (secondary N) is 2. The molecule has 1 aliphatic heterocycles. The van der Waals surface area contributed by atoms with Gasteiger partial charge in [0.15, 0.2) is 0 Å². The van der Waals surface area contributed by atoms with Gasteiger partial charge in [-0.1, -0.05) is 30.3 Å². The number of likely N-dealkylation sites (N-methyl/N-ethyl adjacent to an activating group) is 1. The number of imide groups is 1. The monoisotopic (exact) mass is 346 g/mol. The average Bonchev–Trinajstić information content (AvgIpc) is 2.70. The van der Waals surface area contributed by atoms with Gasteiger partial charge in [-0.25, -0.2) is 9.69 Å². The molecule has 1 aliphatic rings. The molecule has 136 valence electrons. The molecule has 0 saturated carbocycles. The van der Waals surface area contributed by atoms with Gasteiger partial charge in [0.1, 0.15) is 5.54 Å². The summed E-state index contributed by atoms with van der Waals surface area (Å²) in [5, 5.41) is 5.61. The van der Waals surface area contributed by atoms with E-state index in [2.05, 4.69) is 10.6 Å². The Balaban J connectivity index is 2.04. The highest BCUT2D eigenvalue weighted by atomic mass is 16.2. The molecular formula is C18H26N4O3. The van der Waals surface area contributed by atoms with Gasteiger partial charge in [-0.05, 0) is 40.3 Å². The number of hydrogen-bond donors (Lipinski definition) is 2. The van der Waals surface area contributed by atoms with E-state index in [1.807, 2.05) is 51.1 Å². The largest absolute Gasteiger partial charge is 0.350 e. The minimum atomic E-state index is -1.09. The fourth-order valence-electron chi connectivity index (χ4n) is 2.79. The van der Waals surface area contributed by atoms with Gasteiger partial charge in [-0.2, -0.15) is 0 Å². The van der Waals surface area contributed by atoms with Crippen molar-refractivity contribution in [2.75, 3.05) is 20.3 Å². The number of urea groups is 1. The molecule has 0 aliphatic carbocycles. The Morgan fingerprint density at radius 2 is 1.84 bits per heavy atom. The number of rotatable bonds is 5. The topological polar surface area (TPSA) is 81.8 Å². The van der Waals surface area contributed by atoms with Crippen LogP contribution in [0.1, 0.15) is 33.3 Å². The molecule has 1 aromatic carbocycles. The van der Waals surface area contributed by atoms with Gasteiger partial charge in [0, 0.05) is 5.54 Å². The third-order valence-electron chi connectivity index (χ3n) is 3.94. The lowest BCUT2D eigenvalue weighted by molar-refractivity contribution is -0.133. The molecule has 7 nitrogen and oxygen atoms in total. The third-order valence-corrected chi connectivity index (χ3v) is 3.94. The molecule has 1 fully saturated rings. The van der Waals surface area contributed by atoms with Gasteiger partial charge in [0.05, 0.1) is 13.2 Å². The fourth-order valence-corrected chi connectivity index (χ4v) is 2.79. The summed E-state index contributed by atoms with van der Waals surface area (Å²) in [6.07, 6.45) is 0. The van der Waals surface area contributed by atoms with Gasteiger partial charge in [0.2, 0.25) is 5.91 Å². The molecule has 7 heteroatoms. The summed E-state index contributed by atoms with van der Waals surface area (Å²) in [6.45, 7) is 7.52. The summed E-state index contributed by atoms with van der Waals surface area (Å²) in [5.41, 5.74) is -0.693. The van der Waals surface area contributed by atoms with Crippen LogP contribution in [0, 0.1) is 0 Å². The van der Waals surface area contributed by atoms with Crippen molar-refractivity contribution in [3.8, 4) is 0 Å². The Hall–Kier alpha value is -2.41. The summed E-state index contributed by atoms with van der Waals surface area (Å²) in [4.78, 5) is 39.9. The first-order valence-electron chi connectivity index (χ1n) is 8.22. The summed E-state index contributed by atoms with van der Waals surface area (Å²) >= 11 is 0. The lowest BCUT2D eigenvalue weighted by Crippen LogP contribution is -2.48. The Bertz CT molecular complexity index is 669. The summed E-state index contributed by atoms with van der Waals surface area (Å²) < 4.78 is 0. The van der Waals surface area contributed by atoms with Crippen LogP contribution >= 0.6 is 0 Å². The molecule has 0 bridgehead atoms. The lowest BCUT2D eigenvalue weighted by Gasteiger charge is -2.26. The predicted molar refractivity (Wildman–Crippen MR) is 94.6 cm³/mol. The number of hydrogen-bond acceptors (Lipinski definition) is 4. The Kier molecular flexibility index (Phi) is 5.17. The van der Waals surface area contributed by atoms with Crippen LogP contribution in [-0.4, -0.2) is 53.4 Å². The molecule has 1 saturated heterocycles. The molecule has 0 unspecified atom stereocenters. The molecule has 2 rings (SSSR count). The number of carbonyl (C=O) groups is 3. The number of carbonyl (C=O) groups excluding carboxylic acids is 3. The van der Waals surface area contributed by atoms with E-state index in [0.29, 0.717) is 0 Å². The predicted octanol–water partition coefficient (Wildman–Crippen LogP) is 1.26. The number of benzene rings is 1. The van der Waals surface area contributed by atoms with E-state index >= 15 is 0 Å². The highest BCUT2D eigenvalue weighted by Crippen LogP contribution is 2.28. The zero-order chi connectivity index (χ0) is 18.8. The first-order valence-corrected chi connectivity index (χ1v) is 8.22. The van der Waals surface area contributed by atoms with Crippen LogP contribution in [0.25, 0.3) is 0 Å². The molecule has 1 aromatic rings. The molecule has 2 N–H and O–H groups in total. The SMILES string of the molecule is CN(CC(=O)NC(C)(C)C)CN1C(=O)N[C@@](C)(c2ccccc2)C1=O. The van der Waals surface area contributed by atoms with E-state index < -0.39 is 11.6 Å². The van der Waals surface area contributed by atoms with E-state index in [-0.39, 0.29) is 30.6 Å². The van der Waals surface area contributed by atoms with Gasteiger partial charge >= 0.3 is 6.03 Å². The second-order valence-corrected chi connectivity index (χ2v) is 7.61. The van der Waals surface area contributed by atoms with Crippen molar-refractivity contribution in [2.24, 2.45) is 0 Å². The summed E-state index contributed by atoms with van der Waals surface area (Å²) in [6, 6.07) is 8.66. The van der Waals surface area contributed by atoms with Gasteiger partial charge in [0.25, 0.3) is 5.91 Å². The standard InChI is InChI=1S/C18H26N4O3/c1-17(2,3)19-14(23)11-21(5)12-22-15(24)18(4,20-16(22)25)13-9-7-6-8-10-13/h6-10H,11-12H2,1-5H3,(H,19,23)(H,20,25)/t18-/m0/s1. The van der Waals surface area contributed by atoms with Crippen molar-refractivity contribution in [3.63, 3.8) is 0 Å². The van der Waals surface area contributed by atoms with Crippen molar-refractivity contribution in [1.82, 2.24) is 20.4 Å². The van der Waals surface area contributed by atoms with E-state index in [9.17, 15) is 14.4 Å². The molecular weight excluding hydrogens is 320 g/mol. The number of amides is 4. The maximum absolute atomic E-state index is 12.8. The first kappa shape index (κ1) is 18.9. The Morgan fingerprint density at radius 1 is 1.24 bits per heavy atom. The van der Waals surface area contributed by atoms with Crippen molar-refractivity contribution in [3.05, 3.63) is 35.9 Å². The molecule has 0 radical (unpaired) electrons. The lowest BCUT2D eigenvalue weighted by atomic mass is 9.92. The van der Waals surface area contributed by atoms with Gasteiger partial charge in [-0.15, -0.1) is 0 Å². The fraction of sp³-hybridized carbons (Fsp3) is 0.500. The van der Waals surface area contributed by atoms with Crippen LogP contribution in [0.2, 0.25) is 0 Å². The maximum Gasteiger partial charge on any atom is 0.326 e. The first-order chi connectivity index (χ1) is 11.5.